The number of halogens is 1. The van der Waals surface area contributed by atoms with Crippen molar-refractivity contribution in [3.05, 3.63) is 65.7 Å². The van der Waals surface area contributed by atoms with Crippen molar-refractivity contribution in [1.29, 1.82) is 0 Å². The number of imide groups is 1. The predicted octanol–water partition coefficient (Wildman–Crippen LogP) is 3.77. The van der Waals surface area contributed by atoms with Gasteiger partial charge in [0.05, 0.1) is 17.5 Å². The third kappa shape index (κ3) is 7.43. The van der Waals surface area contributed by atoms with Gasteiger partial charge in [0, 0.05) is 31.9 Å². The molecule has 0 aromatic heterocycles. The van der Waals surface area contributed by atoms with Gasteiger partial charge in [-0.25, -0.2) is 18.0 Å². The molecule has 2 heterocycles. The fraction of sp³-hybridized carbons (Fsp3) is 0.500. The largest absolute Gasteiger partial charge is 0.335 e. The summed E-state index contributed by atoms with van der Waals surface area (Å²) in [4.78, 5) is 42.7. The summed E-state index contributed by atoms with van der Waals surface area (Å²) in [6.07, 6.45) is 7.25. The molecular formula is C30H40ClN5O5S. The van der Waals surface area contributed by atoms with Crippen LogP contribution < -0.4 is 16.0 Å². The van der Waals surface area contributed by atoms with Gasteiger partial charge >= 0.3 is 12.1 Å². The molecule has 42 heavy (non-hydrogen) atoms. The monoisotopic (exact) mass is 617 g/mol. The summed E-state index contributed by atoms with van der Waals surface area (Å²) in [5.74, 6) is -0.234. The van der Waals surface area contributed by atoms with Gasteiger partial charge in [-0.2, -0.15) is 0 Å². The second-order valence-corrected chi connectivity index (χ2v) is 13.5. The Morgan fingerprint density at radius 3 is 2.29 bits per heavy atom. The lowest BCUT2D eigenvalue weighted by atomic mass is 9.87. The van der Waals surface area contributed by atoms with E-state index in [-0.39, 0.29) is 47.9 Å². The molecule has 3 fully saturated rings. The summed E-state index contributed by atoms with van der Waals surface area (Å²) >= 11 is 0. The highest BCUT2D eigenvalue weighted by Crippen LogP contribution is 2.31. The average molecular weight is 618 g/mol. The lowest BCUT2D eigenvalue weighted by Crippen LogP contribution is -2.55. The van der Waals surface area contributed by atoms with Gasteiger partial charge in [-0.15, -0.1) is 12.4 Å². The van der Waals surface area contributed by atoms with Gasteiger partial charge in [0.15, 0.2) is 9.84 Å². The van der Waals surface area contributed by atoms with Crippen molar-refractivity contribution in [2.45, 2.75) is 74.0 Å². The molecule has 3 N–H and O–H groups in total. The lowest BCUT2D eigenvalue weighted by molar-refractivity contribution is -0.133. The number of hydrogen-bond acceptors (Lipinski definition) is 6. The number of nitrogens with zero attached hydrogens (tertiary/aromatic N) is 2. The van der Waals surface area contributed by atoms with Crippen LogP contribution in [0.1, 0.15) is 62.1 Å². The summed E-state index contributed by atoms with van der Waals surface area (Å²) in [5.41, 5.74) is 0.825. The Morgan fingerprint density at radius 1 is 1.02 bits per heavy atom. The zero-order valence-corrected chi connectivity index (χ0v) is 25.5. The van der Waals surface area contributed by atoms with Crippen LogP contribution in [-0.4, -0.2) is 73.7 Å². The van der Waals surface area contributed by atoms with Crippen LogP contribution in [0.2, 0.25) is 0 Å². The van der Waals surface area contributed by atoms with E-state index in [9.17, 15) is 22.8 Å². The summed E-state index contributed by atoms with van der Waals surface area (Å²) < 4.78 is 23.5. The molecule has 0 unspecified atom stereocenters. The molecule has 1 spiro atoms. The number of piperidine rings is 1. The minimum Gasteiger partial charge on any atom is -0.335 e. The van der Waals surface area contributed by atoms with Crippen molar-refractivity contribution in [2.75, 3.05) is 25.9 Å². The fourth-order valence-electron chi connectivity index (χ4n) is 6.12. The van der Waals surface area contributed by atoms with Crippen molar-refractivity contribution in [3.8, 4) is 0 Å². The van der Waals surface area contributed by atoms with Crippen LogP contribution in [0, 0.1) is 0 Å². The highest BCUT2D eigenvalue weighted by molar-refractivity contribution is 7.90. The number of hydrogen-bond donors (Lipinski definition) is 3. The van der Waals surface area contributed by atoms with E-state index < -0.39 is 21.4 Å². The molecule has 1 aliphatic carbocycles. The van der Waals surface area contributed by atoms with Crippen LogP contribution in [0.25, 0.3) is 0 Å². The number of urea groups is 2. The molecule has 10 nitrogen and oxygen atoms in total. The molecule has 3 aliphatic rings. The molecule has 12 heteroatoms. The maximum atomic E-state index is 13.4. The quantitative estimate of drug-likeness (QED) is 0.368. The number of likely N-dealkylation sites (tertiary alicyclic amines) is 1. The molecule has 2 saturated heterocycles. The third-order valence-corrected chi connectivity index (χ3v) is 9.71. The van der Waals surface area contributed by atoms with Gasteiger partial charge in [0.1, 0.15) is 5.54 Å². The van der Waals surface area contributed by atoms with E-state index in [0.717, 1.165) is 50.5 Å². The third-order valence-electron chi connectivity index (χ3n) is 8.58. The molecule has 2 aromatic rings. The van der Waals surface area contributed by atoms with Crippen LogP contribution in [0.3, 0.4) is 0 Å². The Labute approximate surface area is 253 Å². The molecule has 1 atom stereocenters. The summed E-state index contributed by atoms with van der Waals surface area (Å²) in [6, 6.07) is 15.8. The van der Waals surface area contributed by atoms with Gasteiger partial charge < -0.3 is 20.9 Å². The maximum Gasteiger partial charge on any atom is 0.325 e. The smallest absolute Gasteiger partial charge is 0.325 e. The van der Waals surface area contributed by atoms with Crippen molar-refractivity contribution in [3.63, 3.8) is 0 Å². The normalized spacial score (nSPS) is 19.8. The summed E-state index contributed by atoms with van der Waals surface area (Å²) in [6.45, 7) is 2.14. The first-order chi connectivity index (χ1) is 19.6. The van der Waals surface area contributed by atoms with Crippen LogP contribution in [-0.2, 0) is 21.2 Å². The van der Waals surface area contributed by atoms with Crippen molar-refractivity contribution in [2.24, 2.45) is 0 Å². The number of nitrogens with one attached hydrogen (secondary N) is 3. The average Bonchev–Trinajstić information content (AvgIpc) is 3.54. The maximum absolute atomic E-state index is 13.4. The van der Waals surface area contributed by atoms with E-state index in [2.05, 4.69) is 20.9 Å². The van der Waals surface area contributed by atoms with Crippen molar-refractivity contribution in [1.82, 2.24) is 25.8 Å². The second-order valence-electron chi connectivity index (χ2n) is 11.5. The number of carbonyl (C=O) groups is 3. The minimum atomic E-state index is -3.32. The SMILES string of the molecule is CS(=O)(=O)c1ccc(CN2C(=O)NC3(CCN(CC[C@H](NC(=O)NC4CCCC4)c4ccccc4)CC3)C2=O)cc1.Cl. The van der Waals surface area contributed by atoms with Crippen LogP contribution in [0.15, 0.2) is 59.5 Å². The van der Waals surface area contributed by atoms with Gasteiger partial charge in [0.2, 0.25) is 0 Å². The Morgan fingerprint density at radius 2 is 1.67 bits per heavy atom. The van der Waals surface area contributed by atoms with Crippen LogP contribution in [0.4, 0.5) is 9.59 Å². The zero-order chi connectivity index (χ0) is 29.0. The molecular weight excluding hydrogens is 578 g/mol. The molecule has 228 valence electrons. The molecule has 0 radical (unpaired) electrons. The lowest BCUT2D eigenvalue weighted by Gasteiger charge is -2.37. The number of amides is 5. The second kappa shape index (κ2) is 13.4. The Balaban J connectivity index is 0.00000405. The fourth-order valence-corrected chi connectivity index (χ4v) is 6.75. The molecule has 5 rings (SSSR count). The van der Waals surface area contributed by atoms with Crippen molar-refractivity contribution < 1.29 is 22.8 Å². The Kier molecular flexibility index (Phi) is 10.2. The van der Waals surface area contributed by atoms with Gasteiger partial charge in [-0.1, -0.05) is 55.3 Å². The molecule has 0 bridgehead atoms. The molecule has 5 amide bonds. The van der Waals surface area contributed by atoms with Crippen LogP contribution >= 0.6 is 12.4 Å². The van der Waals surface area contributed by atoms with Crippen molar-refractivity contribution >= 4 is 40.2 Å². The standard InChI is InChI=1S/C30H39N5O5S.ClH/c1-41(39,40)25-13-11-22(12-14-25)21-35-27(36)30(33-29(35)38)16-19-34(20-17-30)18-15-26(23-7-3-2-4-8-23)32-28(37)31-24-9-5-6-10-24;/h2-4,7-8,11-14,24,26H,5-6,9-10,15-21H2,1H3,(H,33,38)(H2,31,32,37);1H/t26-;/m0./s1. The molecule has 2 aliphatic heterocycles. The van der Waals surface area contributed by atoms with Gasteiger partial charge in [-0.05, 0) is 55.4 Å². The number of sulfone groups is 1. The Bertz CT molecular complexity index is 1360. The number of carbonyl (C=O) groups excluding carboxylic acids is 3. The first-order valence-electron chi connectivity index (χ1n) is 14.4. The topological polar surface area (TPSA) is 128 Å². The summed E-state index contributed by atoms with van der Waals surface area (Å²) in [7, 11) is -3.32. The van der Waals surface area contributed by atoms with E-state index in [1.165, 1.54) is 17.0 Å². The predicted molar refractivity (Wildman–Crippen MR) is 162 cm³/mol. The van der Waals surface area contributed by atoms with E-state index >= 15 is 0 Å². The number of benzene rings is 2. The minimum absolute atomic E-state index is 0. The Hall–Kier alpha value is -3.15. The van der Waals surface area contributed by atoms with E-state index in [4.69, 9.17) is 0 Å². The highest BCUT2D eigenvalue weighted by atomic mass is 35.5. The van der Waals surface area contributed by atoms with E-state index in [1.54, 1.807) is 12.1 Å². The number of rotatable bonds is 9. The first-order valence-corrected chi connectivity index (χ1v) is 16.3. The summed E-state index contributed by atoms with van der Waals surface area (Å²) in [5, 5.41) is 9.24. The molecule has 1 saturated carbocycles. The molecule has 2 aromatic carbocycles. The highest BCUT2D eigenvalue weighted by Gasteiger charge is 2.52. The van der Waals surface area contributed by atoms with Crippen LogP contribution in [0.5, 0.6) is 0 Å². The van der Waals surface area contributed by atoms with E-state index in [0.29, 0.717) is 31.5 Å². The van der Waals surface area contributed by atoms with Gasteiger partial charge in [-0.3, -0.25) is 9.69 Å². The van der Waals surface area contributed by atoms with E-state index in [1.807, 2.05) is 30.3 Å². The van der Waals surface area contributed by atoms with Gasteiger partial charge in [0.25, 0.3) is 5.91 Å². The first kappa shape index (κ1) is 31.8. The zero-order valence-electron chi connectivity index (χ0n) is 23.9.